The van der Waals surface area contributed by atoms with Crippen molar-refractivity contribution in [1.29, 1.82) is 0 Å². The van der Waals surface area contributed by atoms with Crippen LogP contribution in [0.1, 0.15) is 18.7 Å². The average Bonchev–Trinajstić information content (AvgIpc) is 3.26. The fraction of sp³-hybridized carbons (Fsp3) is 0.529. The molecular weight excluding hydrogens is 309 g/mol. The first kappa shape index (κ1) is 15.5. The number of ether oxygens (including phenoxy) is 1. The second-order valence-corrected chi connectivity index (χ2v) is 6.79. The van der Waals surface area contributed by atoms with Crippen LogP contribution in [0.25, 0.3) is 0 Å². The number of likely N-dealkylation sites (tertiary alicyclic amines) is 1. The zero-order chi connectivity index (χ0) is 16.6. The molecule has 1 N–H and O–H groups in total. The minimum Gasteiger partial charge on any atom is -0.371 e. The number of nitrogens with zero attached hydrogens (tertiary/aromatic N) is 4. The van der Waals surface area contributed by atoms with E-state index >= 15 is 0 Å². The van der Waals surface area contributed by atoms with Crippen LogP contribution in [0, 0.1) is 5.82 Å². The molecule has 0 aliphatic carbocycles. The van der Waals surface area contributed by atoms with Crippen molar-refractivity contribution in [1.82, 2.24) is 19.4 Å². The highest BCUT2D eigenvalue weighted by molar-refractivity contribution is 5.37. The number of imidazole rings is 1. The number of nitrogens with one attached hydrogen (secondary N) is 1. The molecule has 2 aromatic rings. The van der Waals surface area contributed by atoms with Gasteiger partial charge in [-0.25, -0.2) is 14.4 Å². The van der Waals surface area contributed by atoms with Crippen molar-refractivity contribution in [2.24, 2.45) is 7.05 Å². The molecule has 2 fully saturated rings. The molecule has 0 amide bonds. The largest absolute Gasteiger partial charge is 0.371 e. The number of halogens is 1. The van der Waals surface area contributed by atoms with Crippen molar-refractivity contribution in [3.63, 3.8) is 0 Å². The van der Waals surface area contributed by atoms with Crippen LogP contribution >= 0.6 is 0 Å². The summed E-state index contributed by atoms with van der Waals surface area (Å²) in [6.45, 7) is 3.31. The molecule has 0 bridgehead atoms. The maximum Gasteiger partial charge on any atom is 0.165 e. The third kappa shape index (κ3) is 3.01. The summed E-state index contributed by atoms with van der Waals surface area (Å²) in [6, 6.07) is 3.12. The number of hydrogen-bond acceptors (Lipinski definition) is 5. The highest BCUT2D eigenvalue weighted by Crippen LogP contribution is 2.36. The van der Waals surface area contributed by atoms with Crippen LogP contribution in [0.2, 0.25) is 0 Å². The third-order valence-electron chi connectivity index (χ3n) is 4.99. The molecule has 24 heavy (non-hydrogen) atoms. The lowest BCUT2D eigenvalue weighted by atomic mass is 9.97. The van der Waals surface area contributed by atoms with Gasteiger partial charge in [-0.15, -0.1) is 0 Å². The van der Waals surface area contributed by atoms with Gasteiger partial charge in [0.05, 0.1) is 24.8 Å². The summed E-state index contributed by atoms with van der Waals surface area (Å²) in [7, 11) is 2.02. The van der Waals surface area contributed by atoms with E-state index in [1.165, 1.54) is 6.07 Å². The molecule has 0 saturated carbocycles. The quantitative estimate of drug-likeness (QED) is 0.926. The van der Waals surface area contributed by atoms with E-state index in [4.69, 9.17) is 4.74 Å². The SMILES string of the molecule is Cn1ccnc1CN1CCC2(CC(Nc3ncccc3F)CO2)C1. The predicted molar refractivity (Wildman–Crippen MR) is 88.0 cm³/mol. The molecule has 6 nitrogen and oxygen atoms in total. The number of anilines is 1. The molecule has 4 heterocycles. The van der Waals surface area contributed by atoms with E-state index in [2.05, 4.69) is 24.8 Å². The lowest BCUT2D eigenvalue weighted by Crippen LogP contribution is -2.33. The summed E-state index contributed by atoms with van der Waals surface area (Å²) in [5.74, 6) is 1.06. The van der Waals surface area contributed by atoms with Gasteiger partial charge in [0.2, 0.25) is 0 Å². The normalized spacial score (nSPS) is 27.2. The van der Waals surface area contributed by atoms with E-state index in [1.807, 2.05) is 19.4 Å². The number of aryl methyl sites for hydroxylation is 1. The first-order valence-corrected chi connectivity index (χ1v) is 8.33. The lowest BCUT2D eigenvalue weighted by Gasteiger charge is -2.23. The maximum absolute atomic E-state index is 13.7. The van der Waals surface area contributed by atoms with Gasteiger partial charge in [-0.2, -0.15) is 0 Å². The van der Waals surface area contributed by atoms with E-state index in [9.17, 15) is 4.39 Å². The monoisotopic (exact) mass is 331 g/mol. The molecule has 2 aromatic heterocycles. The summed E-state index contributed by atoms with van der Waals surface area (Å²) in [5.41, 5.74) is -0.131. The summed E-state index contributed by atoms with van der Waals surface area (Å²) >= 11 is 0. The topological polar surface area (TPSA) is 55.2 Å². The maximum atomic E-state index is 13.7. The van der Waals surface area contributed by atoms with Gasteiger partial charge >= 0.3 is 0 Å². The molecule has 2 aliphatic rings. The Balaban J connectivity index is 1.36. The smallest absolute Gasteiger partial charge is 0.165 e. The molecule has 4 rings (SSSR count). The fourth-order valence-corrected chi connectivity index (χ4v) is 3.72. The van der Waals surface area contributed by atoms with E-state index in [0.29, 0.717) is 12.4 Å². The Labute approximate surface area is 140 Å². The van der Waals surface area contributed by atoms with Gasteiger partial charge in [0.1, 0.15) is 5.82 Å². The number of rotatable bonds is 4. The Morgan fingerprint density at radius 3 is 3.12 bits per heavy atom. The molecule has 128 valence electrons. The minimum absolute atomic E-state index is 0.0995. The van der Waals surface area contributed by atoms with Crippen molar-refractivity contribution in [3.05, 3.63) is 42.4 Å². The molecule has 0 aromatic carbocycles. The Morgan fingerprint density at radius 1 is 1.42 bits per heavy atom. The molecule has 7 heteroatoms. The Hall–Kier alpha value is -1.99. The molecule has 2 aliphatic heterocycles. The van der Waals surface area contributed by atoms with Crippen molar-refractivity contribution >= 4 is 5.82 Å². The molecule has 2 unspecified atom stereocenters. The van der Waals surface area contributed by atoms with Crippen molar-refractivity contribution in [3.8, 4) is 0 Å². The van der Waals surface area contributed by atoms with E-state index in [1.54, 1.807) is 12.3 Å². The summed E-state index contributed by atoms with van der Waals surface area (Å²) in [6.07, 6.45) is 7.27. The first-order chi connectivity index (χ1) is 11.6. The standard InChI is InChI=1S/C17H22FN5O/c1-22-8-6-19-15(22)10-23-7-4-17(12-23)9-13(11-24-17)21-16-14(18)3-2-5-20-16/h2-3,5-6,8,13H,4,7,9-12H2,1H3,(H,20,21). The second kappa shape index (κ2) is 6.14. The van der Waals surface area contributed by atoms with E-state index in [0.717, 1.165) is 38.3 Å². The zero-order valence-electron chi connectivity index (χ0n) is 13.8. The highest BCUT2D eigenvalue weighted by atomic mass is 19.1. The Kier molecular flexibility index (Phi) is 3.97. The van der Waals surface area contributed by atoms with Crippen LogP contribution in [0.15, 0.2) is 30.7 Å². The van der Waals surface area contributed by atoms with E-state index < -0.39 is 0 Å². The molecule has 2 atom stereocenters. The van der Waals surface area contributed by atoms with Crippen LogP contribution in [0.3, 0.4) is 0 Å². The summed E-state index contributed by atoms with van der Waals surface area (Å²) < 4.78 is 21.9. The van der Waals surface area contributed by atoms with E-state index in [-0.39, 0.29) is 17.5 Å². The number of pyridine rings is 1. The molecule has 0 radical (unpaired) electrons. The van der Waals surface area contributed by atoms with Gasteiger partial charge in [-0.05, 0) is 18.6 Å². The zero-order valence-corrected chi connectivity index (χ0v) is 13.8. The summed E-state index contributed by atoms with van der Waals surface area (Å²) in [4.78, 5) is 10.8. The van der Waals surface area contributed by atoms with Crippen LogP contribution in [0.5, 0.6) is 0 Å². The minimum atomic E-state index is -0.318. The fourth-order valence-electron chi connectivity index (χ4n) is 3.72. The van der Waals surface area contributed by atoms with Crippen LogP contribution in [-0.2, 0) is 18.3 Å². The molecule has 1 spiro atoms. The first-order valence-electron chi connectivity index (χ1n) is 8.33. The van der Waals surface area contributed by atoms with Crippen molar-refractivity contribution in [2.75, 3.05) is 25.0 Å². The molecule has 2 saturated heterocycles. The third-order valence-corrected chi connectivity index (χ3v) is 4.99. The van der Waals surface area contributed by atoms with Gasteiger partial charge in [0.25, 0.3) is 0 Å². The van der Waals surface area contributed by atoms with Crippen LogP contribution in [0.4, 0.5) is 10.2 Å². The van der Waals surface area contributed by atoms with Crippen LogP contribution < -0.4 is 5.32 Å². The lowest BCUT2D eigenvalue weighted by molar-refractivity contribution is 0.0117. The number of hydrogen-bond donors (Lipinski definition) is 1. The second-order valence-electron chi connectivity index (χ2n) is 6.79. The van der Waals surface area contributed by atoms with Gasteiger partial charge < -0.3 is 14.6 Å². The Bertz CT molecular complexity index is 721. The van der Waals surface area contributed by atoms with Gasteiger partial charge in [-0.3, -0.25) is 4.90 Å². The molecular formula is C17H22FN5O. The Morgan fingerprint density at radius 2 is 2.33 bits per heavy atom. The summed E-state index contributed by atoms with van der Waals surface area (Å²) in [5, 5.41) is 3.18. The van der Waals surface area contributed by atoms with Crippen molar-refractivity contribution in [2.45, 2.75) is 31.0 Å². The number of aromatic nitrogens is 3. The predicted octanol–water partition coefficient (Wildman–Crippen LogP) is 1.80. The highest BCUT2D eigenvalue weighted by Gasteiger charge is 2.45. The van der Waals surface area contributed by atoms with Gasteiger partial charge in [-0.1, -0.05) is 0 Å². The van der Waals surface area contributed by atoms with Gasteiger partial charge in [0, 0.05) is 45.1 Å². The van der Waals surface area contributed by atoms with Gasteiger partial charge in [0.15, 0.2) is 11.6 Å². The average molecular weight is 331 g/mol. The van der Waals surface area contributed by atoms with Crippen molar-refractivity contribution < 1.29 is 9.13 Å². The van der Waals surface area contributed by atoms with Crippen LogP contribution in [-0.4, -0.2) is 50.8 Å².